The van der Waals surface area contributed by atoms with Crippen LogP contribution in [0.1, 0.15) is 58.9 Å². The molecule has 1 aromatic carbocycles. The van der Waals surface area contributed by atoms with Gasteiger partial charge in [-0.05, 0) is 57.7 Å². The number of nitrogens with one attached hydrogen (secondary N) is 3. The second-order valence-electron chi connectivity index (χ2n) is 9.93. The molecule has 39 heavy (non-hydrogen) atoms. The van der Waals surface area contributed by atoms with E-state index >= 15 is 0 Å². The van der Waals surface area contributed by atoms with Crippen LogP contribution in [0.25, 0.3) is 0 Å². The van der Waals surface area contributed by atoms with Gasteiger partial charge in [0.15, 0.2) is 0 Å². The Kier molecular flexibility index (Phi) is 14.4. The minimum absolute atomic E-state index is 0.139. The molecule has 1 aromatic rings. The molecule has 0 aliphatic heterocycles. The van der Waals surface area contributed by atoms with Gasteiger partial charge < -0.3 is 30.2 Å². The summed E-state index contributed by atoms with van der Waals surface area (Å²) < 4.78 is 15.7. The molecule has 3 atom stereocenters. The molecule has 3 N–H and O–H groups in total. The highest BCUT2D eigenvalue weighted by Gasteiger charge is 2.30. The number of alkyl carbamates (subject to hydrolysis) is 1. The highest BCUT2D eigenvalue weighted by molar-refractivity contribution is 5.93. The molecule has 10 heteroatoms. The van der Waals surface area contributed by atoms with Crippen LogP contribution in [-0.4, -0.2) is 61.3 Å². The summed E-state index contributed by atoms with van der Waals surface area (Å²) in [5.41, 5.74) is -0.00989. The molecule has 0 heterocycles. The highest BCUT2D eigenvalue weighted by Crippen LogP contribution is 2.15. The smallest absolute Gasteiger partial charge is 0.408 e. The molecule has 1 rings (SSSR count). The molecule has 0 fully saturated rings. The molecule has 0 bridgehead atoms. The largest absolute Gasteiger partial charge is 0.493 e. The number of amides is 3. The van der Waals surface area contributed by atoms with Crippen molar-refractivity contribution in [1.82, 2.24) is 16.0 Å². The van der Waals surface area contributed by atoms with Crippen LogP contribution < -0.4 is 20.7 Å². The molecule has 0 radical (unpaired) electrons. The third-order valence-electron chi connectivity index (χ3n) is 5.38. The van der Waals surface area contributed by atoms with E-state index in [1.54, 1.807) is 51.1 Å². The number of carbonyl (C=O) groups excluding carboxylic acids is 4. The summed E-state index contributed by atoms with van der Waals surface area (Å²) in [6.07, 6.45) is 4.41. The van der Waals surface area contributed by atoms with Crippen LogP contribution in [0.2, 0.25) is 0 Å². The van der Waals surface area contributed by atoms with Crippen molar-refractivity contribution in [2.75, 3.05) is 13.7 Å². The minimum Gasteiger partial charge on any atom is -0.493 e. The van der Waals surface area contributed by atoms with Crippen molar-refractivity contribution in [2.45, 2.75) is 83.5 Å². The van der Waals surface area contributed by atoms with E-state index < -0.39 is 47.6 Å². The normalized spacial score (nSPS) is 13.2. The van der Waals surface area contributed by atoms with E-state index in [2.05, 4.69) is 29.1 Å². The van der Waals surface area contributed by atoms with Crippen molar-refractivity contribution in [3.63, 3.8) is 0 Å². The van der Waals surface area contributed by atoms with Crippen LogP contribution in [0, 0.1) is 0 Å². The highest BCUT2D eigenvalue weighted by atomic mass is 16.6. The Morgan fingerprint density at radius 1 is 0.923 bits per heavy atom. The van der Waals surface area contributed by atoms with Crippen molar-refractivity contribution >= 4 is 23.9 Å². The van der Waals surface area contributed by atoms with Gasteiger partial charge in [-0.1, -0.05) is 37.6 Å². The molecule has 0 aliphatic carbocycles. The summed E-state index contributed by atoms with van der Waals surface area (Å²) in [5, 5.41) is 7.96. The topological polar surface area (TPSA) is 132 Å². The summed E-state index contributed by atoms with van der Waals surface area (Å²) in [6.45, 7) is 14.8. The van der Waals surface area contributed by atoms with Crippen LogP contribution in [0.3, 0.4) is 0 Å². The first-order chi connectivity index (χ1) is 18.4. The van der Waals surface area contributed by atoms with Crippen LogP contribution in [0.15, 0.2) is 49.6 Å². The van der Waals surface area contributed by atoms with E-state index in [9.17, 15) is 19.2 Å². The maximum absolute atomic E-state index is 13.4. The first kappa shape index (κ1) is 33.2. The molecule has 0 unspecified atom stereocenters. The fourth-order valence-electron chi connectivity index (χ4n) is 3.50. The Morgan fingerprint density at radius 3 is 2.08 bits per heavy atom. The molecule has 0 aliphatic rings. The Hall–Kier alpha value is -3.82. The fraction of sp³-hybridized carbons (Fsp3) is 0.517. The van der Waals surface area contributed by atoms with Gasteiger partial charge in [0.05, 0.1) is 13.7 Å². The van der Waals surface area contributed by atoms with Gasteiger partial charge in [0.2, 0.25) is 11.8 Å². The monoisotopic (exact) mass is 545 g/mol. The summed E-state index contributed by atoms with van der Waals surface area (Å²) in [6, 6.07) is 4.24. The standard InChI is InChI=1S/C29H43N3O7/c1-8-11-18-38-21-16-14-20(15-17-21)19-24(32-28(36)39-29(4,5)6)26(34)30-22(12-9-2)25(33)31-23(13-10-3)27(35)37-7/h8,10,14-17,22-24H,1,3,9,11-13,18-19H2,2,4-7H3,(H,30,34)(H,31,33)(H,32,36)/t22-,23-,24-/m0/s1. The molecule has 0 saturated heterocycles. The fourth-order valence-corrected chi connectivity index (χ4v) is 3.50. The third kappa shape index (κ3) is 13.0. The van der Waals surface area contributed by atoms with Crippen molar-refractivity contribution in [1.29, 1.82) is 0 Å². The number of esters is 1. The quantitative estimate of drug-likeness (QED) is 0.164. The van der Waals surface area contributed by atoms with Gasteiger partial charge in [-0.25, -0.2) is 9.59 Å². The van der Waals surface area contributed by atoms with Crippen molar-refractivity contribution in [2.24, 2.45) is 0 Å². The molecule has 0 spiro atoms. The average Bonchev–Trinajstić information content (AvgIpc) is 2.87. The number of ether oxygens (including phenoxy) is 3. The maximum Gasteiger partial charge on any atom is 0.408 e. The first-order valence-corrected chi connectivity index (χ1v) is 13.1. The van der Waals surface area contributed by atoms with E-state index in [4.69, 9.17) is 14.2 Å². The van der Waals surface area contributed by atoms with E-state index in [1.807, 2.05) is 6.92 Å². The maximum atomic E-state index is 13.4. The predicted octanol–water partition coefficient (Wildman–Crippen LogP) is 3.60. The lowest BCUT2D eigenvalue weighted by molar-refractivity contribution is -0.145. The number of carbonyl (C=O) groups is 4. The lowest BCUT2D eigenvalue weighted by atomic mass is 10.0. The zero-order valence-electron chi connectivity index (χ0n) is 23.7. The number of rotatable bonds is 16. The molecular formula is C29H43N3O7. The first-order valence-electron chi connectivity index (χ1n) is 13.1. The van der Waals surface area contributed by atoms with Crippen LogP contribution >= 0.6 is 0 Å². The summed E-state index contributed by atoms with van der Waals surface area (Å²) in [4.78, 5) is 51.0. The summed E-state index contributed by atoms with van der Waals surface area (Å²) in [5.74, 6) is -1.06. The summed E-state index contributed by atoms with van der Waals surface area (Å²) in [7, 11) is 1.22. The van der Waals surface area contributed by atoms with Gasteiger partial charge in [0.25, 0.3) is 0 Å². The minimum atomic E-state index is -1.04. The third-order valence-corrected chi connectivity index (χ3v) is 5.38. The Balaban J connectivity index is 3.08. The second-order valence-corrected chi connectivity index (χ2v) is 9.93. The molecule has 216 valence electrons. The van der Waals surface area contributed by atoms with Crippen molar-refractivity contribution in [3.8, 4) is 5.75 Å². The van der Waals surface area contributed by atoms with Gasteiger partial charge in [-0.3, -0.25) is 9.59 Å². The van der Waals surface area contributed by atoms with Gasteiger partial charge >= 0.3 is 12.1 Å². The molecule has 0 saturated carbocycles. The van der Waals surface area contributed by atoms with Gasteiger partial charge in [0, 0.05) is 6.42 Å². The number of benzene rings is 1. The SMILES string of the molecule is C=CCCOc1ccc(C[C@H](NC(=O)OC(C)(C)C)C(=O)N[C@@H](CCC)C(=O)N[C@@H](CC=C)C(=O)OC)cc1. The van der Waals surface area contributed by atoms with E-state index in [1.165, 1.54) is 13.2 Å². The van der Waals surface area contributed by atoms with E-state index in [-0.39, 0.29) is 12.8 Å². The predicted molar refractivity (Wildman–Crippen MR) is 149 cm³/mol. The number of methoxy groups -OCH3 is 1. The Labute approximate surface area is 231 Å². The van der Waals surface area contributed by atoms with Gasteiger partial charge in [0.1, 0.15) is 29.5 Å². The Morgan fingerprint density at radius 2 is 1.54 bits per heavy atom. The van der Waals surface area contributed by atoms with Gasteiger partial charge in [-0.15, -0.1) is 13.2 Å². The lowest BCUT2D eigenvalue weighted by Gasteiger charge is -2.26. The second kappa shape index (κ2) is 16.9. The molecular weight excluding hydrogens is 502 g/mol. The van der Waals surface area contributed by atoms with Crippen LogP contribution in [0.5, 0.6) is 5.75 Å². The molecule has 3 amide bonds. The summed E-state index contributed by atoms with van der Waals surface area (Å²) >= 11 is 0. The number of hydrogen-bond acceptors (Lipinski definition) is 7. The van der Waals surface area contributed by atoms with Gasteiger partial charge in [-0.2, -0.15) is 0 Å². The lowest BCUT2D eigenvalue weighted by Crippen LogP contribution is -2.56. The zero-order valence-corrected chi connectivity index (χ0v) is 23.7. The van der Waals surface area contributed by atoms with Crippen molar-refractivity contribution in [3.05, 3.63) is 55.1 Å². The molecule has 10 nitrogen and oxygen atoms in total. The molecule has 0 aromatic heterocycles. The van der Waals surface area contributed by atoms with Crippen molar-refractivity contribution < 1.29 is 33.4 Å². The zero-order chi connectivity index (χ0) is 29.4. The van der Waals surface area contributed by atoms with E-state index in [0.29, 0.717) is 31.6 Å². The average molecular weight is 546 g/mol. The number of hydrogen-bond donors (Lipinski definition) is 3. The van der Waals surface area contributed by atoms with Crippen LogP contribution in [-0.2, 0) is 30.3 Å². The van der Waals surface area contributed by atoms with Crippen LogP contribution in [0.4, 0.5) is 4.79 Å². The Bertz CT molecular complexity index is 970. The van der Waals surface area contributed by atoms with E-state index in [0.717, 1.165) is 5.56 Å².